The molecule has 4 bridgehead atoms. The summed E-state index contributed by atoms with van der Waals surface area (Å²) in [5.41, 5.74) is 8.31. The van der Waals surface area contributed by atoms with Crippen LogP contribution in [0.4, 0.5) is 0 Å². The van der Waals surface area contributed by atoms with Gasteiger partial charge < -0.3 is 9.47 Å². The molecule has 5 aliphatic carbocycles. The minimum Gasteiger partial charge on any atom is -0.455 e. The topological polar surface area (TPSA) is 57.1 Å². The third-order valence-corrected chi connectivity index (χ3v) is 15.7. The highest BCUT2D eigenvalue weighted by Crippen LogP contribution is 2.73. The van der Waals surface area contributed by atoms with E-state index in [-0.39, 0.29) is 5.41 Å². The smallest absolute Gasteiger partial charge is 0.167 e. The number of rotatable bonds is 3. The molecule has 7 heteroatoms. The second-order valence-corrected chi connectivity index (χ2v) is 18.4. The number of nitrogens with zero attached hydrogens (tertiary/aromatic N) is 3. The van der Waals surface area contributed by atoms with Gasteiger partial charge in [0.25, 0.3) is 0 Å². The van der Waals surface area contributed by atoms with Gasteiger partial charge >= 0.3 is 0 Å². The summed E-state index contributed by atoms with van der Waals surface area (Å²) in [6.45, 7) is 0. The van der Waals surface area contributed by atoms with Crippen LogP contribution in [0.5, 0.6) is 23.0 Å². The van der Waals surface area contributed by atoms with E-state index in [1.54, 1.807) is 0 Å². The molecule has 0 radical (unpaired) electrons. The van der Waals surface area contributed by atoms with Gasteiger partial charge in [0.2, 0.25) is 0 Å². The van der Waals surface area contributed by atoms with Crippen molar-refractivity contribution in [1.29, 1.82) is 0 Å². The Morgan fingerprint density at radius 3 is 1.66 bits per heavy atom. The van der Waals surface area contributed by atoms with E-state index < -0.39 is 0 Å². The van der Waals surface area contributed by atoms with E-state index in [2.05, 4.69) is 91.0 Å². The Hall–Kier alpha value is -5.37. The first-order chi connectivity index (χ1) is 27.7. The molecule has 4 saturated carbocycles. The van der Waals surface area contributed by atoms with Crippen molar-refractivity contribution in [2.75, 3.05) is 0 Å². The molecule has 7 aliphatic rings. The first-order valence-corrected chi connectivity index (χ1v) is 21.5. The van der Waals surface area contributed by atoms with Crippen molar-refractivity contribution >= 4 is 23.5 Å². The second kappa shape index (κ2) is 11.8. The van der Waals surface area contributed by atoms with Crippen LogP contribution < -0.4 is 9.47 Å². The highest BCUT2D eigenvalue weighted by molar-refractivity contribution is 8.00. The van der Waals surface area contributed by atoms with Crippen molar-refractivity contribution in [3.63, 3.8) is 0 Å². The molecule has 0 saturated heterocycles. The fraction of sp³-hybridized carbons (Fsp3) is 0.204. The van der Waals surface area contributed by atoms with Gasteiger partial charge in [-0.3, -0.25) is 0 Å². The quantitative estimate of drug-likeness (QED) is 0.178. The number of para-hydroxylation sites is 2. The summed E-state index contributed by atoms with van der Waals surface area (Å²) >= 11 is 3.70. The molecule has 0 unspecified atom stereocenters. The normalized spacial score (nSPS) is 23.9. The van der Waals surface area contributed by atoms with Crippen LogP contribution in [-0.2, 0) is 5.41 Å². The zero-order chi connectivity index (χ0) is 36.5. The maximum Gasteiger partial charge on any atom is 0.167 e. The van der Waals surface area contributed by atoms with E-state index in [1.807, 2.05) is 59.9 Å². The van der Waals surface area contributed by atoms with Gasteiger partial charge in [0, 0.05) is 27.7 Å². The first-order valence-electron chi connectivity index (χ1n) is 19.8. The highest BCUT2D eigenvalue weighted by atomic mass is 32.2. The first kappa shape index (κ1) is 31.8. The van der Waals surface area contributed by atoms with Gasteiger partial charge in [-0.1, -0.05) is 115 Å². The number of hydrogen-bond donors (Lipinski definition) is 0. The molecule has 56 heavy (non-hydrogen) atoms. The van der Waals surface area contributed by atoms with Gasteiger partial charge in [0.1, 0.15) is 17.2 Å². The van der Waals surface area contributed by atoms with Crippen LogP contribution in [0, 0.1) is 23.7 Å². The molecule has 6 aromatic carbocycles. The fourth-order valence-electron chi connectivity index (χ4n) is 11.5. The molecule has 270 valence electrons. The molecule has 4 fully saturated rings. The Kier molecular flexibility index (Phi) is 6.71. The molecule has 1 spiro atoms. The van der Waals surface area contributed by atoms with Crippen LogP contribution in [0.15, 0.2) is 147 Å². The van der Waals surface area contributed by atoms with Crippen molar-refractivity contribution in [3.8, 4) is 68.3 Å². The minimum atomic E-state index is -0.108. The Balaban J connectivity index is 1.13. The van der Waals surface area contributed by atoms with Gasteiger partial charge in [0.05, 0.1) is 25.1 Å². The molecule has 0 atom stereocenters. The van der Waals surface area contributed by atoms with Crippen molar-refractivity contribution in [1.82, 2.24) is 15.0 Å². The Morgan fingerprint density at radius 1 is 0.482 bits per heavy atom. The van der Waals surface area contributed by atoms with Crippen LogP contribution >= 0.6 is 23.5 Å². The standard InChI is InChI=1S/C49H35N3O2S2/c1-3-11-29(12-4-1)46-50-47(30-13-5-2-6-14-30)52-48(51-46)33-26-35-42(45-43(33)54-37-16-8-10-18-40(37)56-45)41-34(49(35)31-22-27-21-28(24-31)25-32(49)23-27)19-20-38-44(41)55-39-17-9-7-15-36(39)53-38/h1-20,26-28,31-32H,21-25H2. The maximum atomic E-state index is 7.13. The van der Waals surface area contributed by atoms with E-state index in [0.717, 1.165) is 66.2 Å². The van der Waals surface area contributed by atoms with Gasteiger partial charge in [-0.15, -0.1) is 0 Å². The molecule has 2 aliphatic heterocycles. The fourth-order valence-corrected chi connectivity index (χ4v) is 13.7. The molecule has 1 aromatic heterocycles. The molecular weight excluding hydrogens is 727 g/mol. The number of aromatic nitrogens is 3. The molecule has 0 N–H and O–H groups in total. The minimum absolute atomic E-state index is 0.108. The van der Waals surface area contributed by atoms with Gasteiger partial charge in [-0.05, 0) is 103 Å². The lowest BCUT2D eigenvalue weighted by molar-refractivity contribution is -0.0400. The maximum absolute atomic E-state index is 7.13. The lowest BCUT2D eigenvalue weighted by Gasteiger charge is -2.61. The van der Waals surface area contributed by atoms with Crippen LogP contribution in [0.3, 0.4) is 0 Å². The Morgan fingerprint density at radius 2 is 1.02 bits per heavy atom. The lowest BCUT2D eigenvalue weighted by atomic mass is 9.43. The monoisotopic (exact) mass is 761 g/mol. The van der Waals surface area contributed by atoms with E-state index in [4.69, 9.17) is 24.4 Å². The largest absolute Gasteiger partial charge is 0.455 e. The predicted octanol–water partition coefficient (Wildman–Crippen LogP) is 13.1. The lowest BCUT2D eigenvalue weighted by Crippen LogP contribution is -2.55. The van der Waals surface area contributed by atoms with Crippen LogP contribution in [-0.4, -0.2) is 15.0 Å². The van der Waals surface area contributed by atoms with Crippen LogP contribution in [0.1, 0.15) is 43.2 Å². The summed E-state index contributed by atoms with van der Waals surface area (Å²) in [4.78, 5) is 20.4. The summed E-state index contributed by atoms with van der Waals surface area (Å²) in [6.07, 6.45) is 6.55. The Bertz CT molecular complexity index is 2700. The van der Waals surface area contributed by atoms with E-state index in [1.165, 1.54) is 59.3 Å². The SMILES string of the molecule is c1ccc(-c2nc(-c3ccccc3)nc(-c3cc4c(c5c3Oc3ccccc3S5)-c3c(ccc5c3Sc3ccccc3O5)C43C4CC5CC(C4)CC3C5)n2)cc1. The summed E-state index contributed by atoms with van der Waals surface area (Å²) in [5.74, 6) is 8.29. The zero-order valence-corrected chi connectivity index (χ0v) is 32.1. The number of hydrogen-bond acceptors (Lipinski definition) is 7. The molecule has 3 heterocycles. The van der Waals surface area contributed by atoms with E-state index in [0.29, 0.717) is 29.3 Å². The molecule has 5 nitrogen and oxygen atoms in total. The highest BCUT2D eigenvalue weighted by Gasteiger charge is 2.63. The van der Waals surface area contributed by atoms with E-state index >= 15 is 0 Å². The molecule has 0 amide bonds. The average molecular weight is 762 g/mol. The van der Waals surface area contributed by atoms with Gasteiger partial charge in [0.15, 0.2) is 23.2 Å². The summed E-state index contributed by atoms with van der Waals surface area (Å²) in [6, 6.07) is 44.7. The van der Waals surface area contributed by atoms with Crippen molar-refractivity contribution in [2.24, 2.45) is 23.7 Å². The summed E-state index contributed by atoms with van der Waals surface area (Å²) in [7, 11) is 0. The third kappa shape index (κ3) is 4.44. The van der Waals surface area contributed by atoms with Crippen molar-refractivity contribution in [3.05, 3.63) is 139 Å². The average Bonchev–Trinajstić information content (AvgIpc) is 3.55. The van der Waals surface area contributed by atoms with Gasteiger partial charge in [-0.2, -0.15) is 0 Å². The number of benzene rings is 6. The predicted molar refractivity (Wildman–Crippen MR) is 221 cm³/mol. The number of fused-ring (bicyclic) bond motifs is 9. The summed E-state index contributed by atoms with van der Waals surface area (Å²) in [5, 5.41) is 0. The van der Waals surface area contributed by atoms with Crippen molar-refractivity contribution < 1.29 is 9.47 Å². The van der Waals surface area contributed by atoms with Crippen LogP contribution in [0.2, 0.25) is 0 Å². The van der Waals surface area contributed by atoms with E-state index in [9.17, 15) is 0 Å². The Labute approximate surface area is 334 Å². The second-order valence-electron chi connectivity index (χ2n) is 16.3. The number of ether oxygens (including phenoxy) is 2. The van der Waals surface area contributed by atoms with Crippen molar-refractivity contribution in [2.45, 2.75) is 57.1 Å². The zero-order valence-electron chi connectivity index (χ0n) is 30.4. The van der Waals surface area contributed by atoms with Crippen LogP contribution in [0.25, 0.3) is 45.3 Å². The summed E-state index contributed by atoms with van der Waals surface area (Å²) < 4.78 is 13.9. The third-order valence-electron chi connectivity index (χ3n) is 13.4. The van der Waals surface area contributed by atoms with Gasteiger partial charge in [-0.25, -0.2) is 15.0 Å². The molecular formula is C49H35N3O2S2. The molecule has 14 rings (SSSR count). The molecule has 7 aromatic rings.